The van der Waals surface area contributed by atoms with Gasteiger partial charge in [0.15, 0.2) is 11.6 Å². The maximum Gasteiger partial charge on any atom is 0.174 e. The number of aromatic nitrogens is 2. The van der Waals surface area contributed by atoms with Crippen LogP contribution in [-0.2, 0) is 6.42 Å². The Bertz CT molecular complexity index is 616. The van der Waals surface area contributed by atoms with E-state index in [1.807, 2.05) is 6.92 Å². The fourth-order valence-corrected chi connectivity index (χ4v) is 2.23. The van der Waals surface area contributed by atoms with E-state index >= 15 is 0 Å². The number of rotatable bonds is 6. The molecule has 0 aliphatic heterocycles. The Kier molecular flexibility index (Phi) is 5.09. The SMILES string of the molecule is CCCNc1ncnc(-c2cccc(OC)c2F)c1CC. The molecule has 0 radical (unpaired) electrons. The zero-order chi connectivity index (χ0) is 15.2. The molecule has 0 fully saturated rings. The molecule has 1 aromatic heterocycles. The Balaban J connectivity index is 2.53. The average Bonchev–Trinajstić information content (AvgIpc) is 2.52. The van der Waals surface area contributed by atoms with E-state index in [-0.39, 0.29) is 5.75 Å². The summed E-state index contributed by atoms with van der Waals surface area (Å²) in [6, 6.07) is 5.07. The molecule has 2 rings (SSSR count). The van der Waals surface area contributed by atoms with E-state index in [9.17, 15) is 4.39 Å². The standard InChI is InChI=1S/C16H20FN3O/c1-4-9-18-16-11(5-2)15(19-10-20-16)12-7-6-8-13(21-3)14(12)17/h6-8,10H,4-5,9H2,1-3H3,(H,18,19,20). The minimum absolute atomic E-state index is 0.219. The first kappa shape index (κ1) is 15.2. The lowest BCUT2D eigenvalue weighted by Gasteiger charge is -2.14. The molecular formula is C16H20FN3O. The molecule has 5 heteroatoms. The zero-order valence-electron chi connectivity index (χ0n) is 12.6. The molecule has 112 valence electrons. The second-order valence-electron chi connectivity index (χ2n) is 4.65. The summed E-state index contributed by atoms with van der Waals surface area (Å²) >= 11 is 0. The number of ether oxygens (including phenoxy) is 1. The van der Waals surface area contributed by atoms with Crippen molar-refractivity contribution in [3.8, 4) is 17.0 Å². The molecule has 0 atom stereocenters. The van der Waals surface area contributed by atoms with Crippen LogP contribution >= 0.6 is 0 Å². The quantitative estimate of drug-likeness (QED) is 0.881. The zero-order valence-corrected chi connectivity index (χ0v) is 12.6. The number of benzene rings is 1. The molecule has 0 bridgehead atoms. The second kappa shape index (κ2) is 7.02. The van der Waals surface area contributed by atoms with Gasteiger partial charge in [0, 0.05) is 17.7 Å². The topological polar surface area (TPSA) is 47.0 Å². The lowest BCUT2D eigenvalue weighted by atomic mass is 10.0. The first-order chi connectivity index (χ1) is 10.2. The van der Waals surface area contributed by atoms with E-state index in [0.717, 1.165) is 30.8 Å². The monoisotopic (exact) mass is 289 g/mol. The highest BCUT2D eigenvalue weighted by molar-refractivity contribution is 5.70. The van der Waals surface area contributed by atoms with Gasteiger partial charge in [-0.2, -0.15) is 0 Å². The molecule has 0 amide bonds. The molecule has 0 aliphatic carbocycles. The van der Waals surface area contributed by atoms with Crippen molar-refractivity contribution in [3.05, 3.63) is 35.9 Å². The van der Waals surface area contributed by atoms with Gasteiger partial charge in [0.25, 0.3) is 0 Å². The van der Waals surface area contributed by atoms with Crippen LogP contribution in [0.15, 0.2) is 24.5 Å². The number of anilines is 1. The second-order valence-corrected chi connectivity index (χ2v) is 4.65. The molecule has 2 aromatic rings. The Labute approximate surface area is 124 Å². The summed E-state index contributed by atoms with van der Waals surface area (Å²) in [7, 11) is 1.46. The van der Waals surface area contributed by atoms with Crippen LogP contribution < -0.4 is 10.1 Å². The van der Waals surface area contributed by atoms with Crippen molar-refractivity contribution in [1.82, 2.24) is 9.97 Å². The maximum absolute atomic E-state index is 14.5. The van der Waals surface area contributed by atoms with Gasteiger partial charge in [-0.1, -0.05) is 19.9 Å². The fourth-order valence-electron chi connectivity index (χ4n) is 2.23. The first-order valence-electron chi connectivity index (χ1n) is 7.13. The summed E-state index contributed by atoms with van der Waals surface area (Å²) in [5, 5.41) is 3.27. The third-order valence-electron chi connectivity index (χ3n) is 3.28. The van der Waals surface area contributed by atoms with Crippen LogP contribution in [0.3, 0.4) is 0 Å². The predicted molar refractivity (Wildman–Crippen MR) is 82.1 cm³/mol. The van der Waals surface area contributed by atoms with Crippen LogP contribution in [-0.4, -0.2) is 23.6 Å². The molecule has 0 saturated carbocycles. The van der Waals surface area contributed by atoms with Crippen molar-refractivity contribution in [3.63, 3.8) is 0 Å². The summed E-state index contributed by atoms with van der Waals surface area (Å²) < 4.78 is 19.5. The molecule has 1 heterocycles. The molecule has 0 unspecified atom stereocenters. The average molecular weight is 289 g/mol. The summed E-state index contributed by atoms with van der Waals surface area (Å²) in [5.41, 5.74) is 1.97. The highest BCUT2D eigenvalue weighted by Gasteiger charge is 2.17. The number of nitrogens with one attached hydrogen (secondary N) is 1. The van der Waals surface area contributed by atoms with E-state index in [2.05, 4.69) is 22.2 Å². The minimum atomic E-state index is -0.394. The van der Waals surface area contributed by atoms with Crippen molar-refractivity contribution in [2.45, 2.75) is 26.7 Å². The van der Waals surface area contributed by atoms with Gasteiger partial charge in [-0.15, -0.1) is 0 Å². The van der Waals surface area contributed by atoms with Gasteiger partial charge in [0.1, 0.15) is 12.1 Å². The van der Waals surface area contributed by atoms with Crippen LogP contribution in [0.5, 0.6) is 5.75 Å². The Morgan fingerprint density at radius 1 is 1.24 bits per heavy atom. The Hall–Kier alpha value is -2.17. The summed E-state index contributed by atoms with van der Waals surface area (Å²) in [6.07, 6.45) is 3.18. The first-order valence-corrected chi connectivity index (χ1v) is 7.13. The van der Waals surface area contributed by atoms with Crippen LogP contribution in [0.25, 0.3) is 11.3 Å². The van der Waals surface area contributed by atoms with Gasteiger partial charge in [-0.05, 0) is 25.0 Å². The predicted octanol–water partition coefficient (Wildman–Crippen LogP) is 3.68. The van der Waals surface area contributed by atoms with Crippen molar-refractivity contribution in [1.29, 1.82) is 0 Å². The Morgan fingerprint density at radius 3 is 2.71 bits per heavy atom. The third kappa shape index (κ3) is 3.12. The van der Waals surface area contributed by atoms with Crippen molar-refractivity contribution >= 4 is 5.82 Å². The molecule has 0 spiro atoms. The van der Waals surface area contributed by atoms with Gasteiger partial charge in [-0.25, -0.2) is 14.4 Å². The van der Waals surface area contributed by atoms with Gasteiger partial charge >= 0.3 is 0 Å². The van der Waals surface area contributed by atoms with Crippen molar-refractivity contribution < 1.29 is 9.13 Å². The summed E-state index contributed by atoms with van der Waals surface area (Å²) in [5.74, 6) is 0.595. The van der Waals surface area contributed by atoms with E-state index < -0.39 is 5.82 Å². The molecule has 0 saturated heterocycles. The van der Waals surface area contributed by atoms with Crippen LogP contribution in [0.2, 0.25) is 0 Å². The number of hydrogen-bond acceptors (Lipinski definition) is 4. The number of hydrogen-bond donors (Lipinski definition) is 1. The summed E-state index contributed by atoms with van der Waals surface area (Å²) in [6.45, 7) is 4.92. The van der Waals surface area contributed by atoms with Crippen molar-refractivity contribution in [2.24, 2.45) is 0 Å². The van der Waals surface area contributed by atoms with Gasteiger partial charge in [0.2, 0.25) is 0 Å². The fraction of sp³-hybridized carbons (Fsp3) is 0.375. The number of halogens is 1. The van der Waals surface area contributed by atoms with E-state index in [1.54, 1.807) is 18.2 Å². The number of nitrogens with zero attached hydrogens (tertiary/aromatic N) is 2. The van der Waals surface area contributed by atoms with E-state index in [4.69, 9.17) is 4.74 Å². The van der Waals surface area contributed by atoms with E-state index in [0.29, 0.717) is 11.3 Å². The molecular weight excluding hydrogens is 269 g/mol. The normalized spacial score (nSPS) is 10.5. The molecule has 1 N–H and O–H groups in total. The van der Waals surface area contributed by atoms with Crippen molar-refractivity contribution in [2.75, 3.05) is 19.0 Å². The molecule has 21 heavy (non-hydrogen) atoms. The van der Waals surface area contributed by atoms with Gasteiger partial charge in [-0.3, -0.25) is 0 Å². The largest absolute Gasteiger partial charge is 0.494 e. The highest BCUT2D eigenvalue weighted by Crippen LogP contribution is 2.32. The van der Waals surface area contributed by atoms with Crippen LogP contribution in [0, 0.1) is 5.82 Å². The maximum atomic E-state index is 14.5. The van der Waals surface area contributed by atoms with Gasteiger partial charge in [0.05, 0.1) is 12.8 Å². The lowest BCUT2D eigenvalue weighted by molar-refractivity contribution is 0.387. The van der Waals surface area contributed by atoms with E-state index in [1.165, 1.54) is 13.4 Å². The summed E-state index contributed by atoms with van der Waals surface area (Å²) in [4.78, 5) is 8.55. The third-order valence-corrected chi connectivity index (χ3v) is 3.28. The van der Waals surface area contributed by atoms with Crippen LogP contribution in [0.4, 0.5) is 10.2 Å². The molecule has 1 aromatic carbocycles. The van der Waals surface area contributed by atoms with Gasteiger partial charge < -0.3 is 10.1 Å². The Morgan fingerprint density at radius 2 is 2.05 bits per heavy atom. The molecule has 4 nitrogen and oxygen atoms in total. The smallest absolute Gasteiger partial charge is 0.174 e. The van der Waals surface area contributed by atoms with Crippen LogP contribution in [0.1, 0.15) is 25.8 Å². The minimum Gasteiger partial charge on any atom is -0.494 e. The number of methoxy groups -OCH3 is 1. The molecule has 0 aliphatic rings. The lowest BCUT2D eigenvalue weighted by Crippen LogP contribution is -2.07. The highest BCUT2D eigenvalue weighted by atomic mass is 19.1.